The monoisotopic (exact) mass is 428 g/mol. The molecule has 5 N–H and O–H groups in total. The second-order valence-electron chi connectivity index (χ2n) is 7.46. The van der Waals surface area contributed by atoms with Crippen molar-refractivity contribution in [2.75, 3.05) is 19.5 Å². The summed E-state index contributed by atoms with van der Waals surface area (Å²) in [5.41, 5.74) is 7.98. The highest BCUT2D eigenvalue weighted by Gasteiger charge is 2.39. The Hall–Kier alpha value is -3.28. The molecule has 0 bridgehead atoms. The zero-order chi connectivity index (χ0) is 22.1. The van der Waals surface area contributed by atoms with Crippen LogP contribution in [0.25, 0.3) is 11.2 Å². The van der Waals surface area contributed by atoms with Crippen LogP contribution in [-0.2, 0) is 11.3 Å². The number of amides is 1. The van der Waals surface area contributed by atoms with Gasteiger partial charge in [-0.1, -0.05) is 11.6 Å². The van der Waals surface area contributed by atoms with Gasteiger partial charge in [-0.15, -0.1) is 0 Å². The quantitative estimate of drug-likeness (QED) is 0.426. The van der Waals surface area contributed by atoms with E-state index in [2.05, 4.69) is 20.3 Å². The summed E-state index contributed by atoms with van der Waals surface area (Å²) in [5.74, 6) is 0.246. The number of nitrogens with two attached hydrogens (primary N) is 1. The molecule has 1 saturated heterocycles. The van der Waals surface area contributed by atoms with Gasteiger partial charge in [-0.3, -0.25) is 4.79 Å². The molecule has 11 heteroatoms. The number of aliphatic hydroxyl groups excluding tert-OH is 2. The minimum Gasteiger partial charge on any atom is -0.496 e. The lowest BCUT2D eigenvalue weighted by molar-refractivity contribution is -0.152. The minimum atomic E-state index is -1.24. The molecule has 11 nitrogen and oxygen atoms in total. The van der Waals surface area contributed by atoms with E-state index in [-0.39, 0.29) is 19.0 Å². The van der Waals surface area contributed by atoms with Crippen molar-refractivity contribution < 1.29 is 24.5 Å². The van der Waals surface area contributed by atoms with Crippen LogP contribution in [0.1, 0.15) is 15.9 Å². The summed E-state index contributed by atoms with van der Waals surface area (Å²) in [7, 11) is 1.48. The number of nitrogens with zero attached hydrogens (tertiary/aromatic N) is 4. The molecule has 0 aliphatic carbocycles. The van der Waals surface area contributed by atoms with Crippen LogP contribution < -0.4 is 15.8 Å². The maximum atomic E-state index is 12.7. The zero-order valence-corrected chi connectivity index (χ0v) is 17.1. The third-order valence-electron chi connectivity index (χ3n) is 5.36. The third kappa shape index (κ3) is 4.02. The van der Waals surface area contributed by atoms with Crippen molar-refractivity contribution in [2.45, 2.75) is 37.8 Å². The second-order valence-corrected chi connectivity index (χ2v) is 7.46. The number of aliphatic hydroxyl groups is 2. The van der Waals surface area contributed by atoms with Crippen LogP contribution in [-0.4, -0.2) is 73.7 Å². The van der Waals surface area contributed by atoms with E-state index in [4.69, 9.17) is 15.2 Å². The fourth-order valence-corrected chi connectivity index (χ4v) is 3.64. The van der Waals surface area contributed by atoms with Crippen molar-refractivity contribution in [3.8, 4) is 5.75 Å². The molecule has 3 heterocycles. The summed E-state index contributed by atoms with van der Waals surface area (Å²) in [6, 6.07) is 4.44. The first kappa shape index (κ1) is 21.0. The van der Waals surface area contributed by atoms with E-state index >= 15 is 0 Å². The second kappa shape index (κ2) is 8.46. The van der Waals surface area contributed by atoms with Gasteiger partial charge >= 0.3 is 0 Å². The fraction of sp³-hybridized carbons (Fsp3) is 0.400. The molecule has 1 aromatic carbocycles. The Morgan fingerprint density at radius 2 is 2.13 bits per heavy atom. The molecule has 1 aliphatic heterocycles. The van der Waals surface area contributed by atoms with E-state index in [1.165, 1.54) is 19.8 Å². The van der Waals surface area contributed by atoms with E-state index < -0.39 is 30.3 Å². The van der Waals surface area contributed by atoms with Crippen LogP contribution in [0.5, 0.6) is 5.75 Å². The molecule has 0 radical (unpaired) electrons. The van der Waals surface area contributed by atoms with E-state index in [0.717, 1.165) is 5.56 Å². The number of aromatic nitrogens is 4. The number of ether oxygens (including phenoxy) is 2. The molecule has 164 valence electrons. The Balaban J connectivity index is 1.45. The molecule has 1 amide bonds. The number of aryl methyl sites for hydroxylation is 1. The van der Waals surface area contributed by atoms with Crippen LogP contribution in [0.2, 0.25) is 0 Å². The van der Waals surface area contributed by atoms with Crippen molar-refractivity contribution >= 4 is 22.9 Å². The summed E-state index contributed by atoms with van der Waals surface area (Å²) in [6.07, 6.45) is -0.349. The molecular formula is C20H24N6O5. The van der Waals surface area contributed by atoms with Crippen LogP contribution in [0.4, 0.5) is 5.82 Å². The molecule has 4 rings (SSSR count). The number of carbonyl (C=O) groups is 1. The van der Waals surface area contributed by atoms with Crippen LogP contribution in [0.15, 0.2) is 30.9 Å². The van der Waals surface area contributed by atoms with Gasteiger partial charge in [-0.05, 0) is 19.1 Å². The van der Waals surface area contributed by atoms with Gasteiger partial charge < -0.3 is 35.3 Å². The molecule has 1 fully saturated rings. The van der Waals surface area contributed by atoms with E-state index in [1.807, 2.05) is 13.0 Å². The summed E-state index contributed by atoms with van der Waals surface area (Å²) in [5, 5.41) is 24.0. The van der Waals surface area contributed by atoms with Crippen molar-refractivity contribution in [1.82, 2.24) is 24.8 Å². The molecule has 1 aliphatic rings. The number of nitrogen functional groups attached to an aromatic ring is 1. The largest absolute Gasteiger partial charge is 0.496 e. The average molecular weight is 428 g/mol. The van der Waals surface area contributed by atoms with E-state index in [0.29, 0.717) is 22.5 Å². The topological polar surface area (TPSA) is 158 Å². The predicted molar refractivity (Wildman–Crippen MR) is 110 cm³/mol. The highest BCUT2D eigenvalue weighted by molar-refractivity contribution is 5.97. The number of carbonyl (C=O) groups excluding carboxylic acids is 1. The molecule has 0 saturated carbocycles. The van der Waals surface area contributed by atoms with Gasteiger partial charge in [0.2, 0.25) is 0 Å². The van der Waals surface area contributed by atoms with Crippen molar-refractivity contribution in [3.63, 3.8) is 0 Å². The number of hydrogen-bond donors (Lipinski definition) is 4. The van der Waals surface area contributed by atoms with Crippen molar-refractivity contribution in [3.05, 3.63) is 42.0 Å². The number of benzene rings is 1. The Morgan fingerprint density at radius 1 is 1.32 bits per heavy atom. The maximum Gasteiger partial charge on any atom is 0.255 e. The lowest BCUT2D eigenvalue weighted by Gasteiger charge is -2.38. The van der Waals surface area contributed by atoms with Crippen LogP contribution >= 0.6 is 0 Å². The van der Waals surface area contributed by atoms with Gasteiger partial charge in [0.15, 0.2) is 11.5 Å². The van der Waals surface area contributed by atoms with Gasteiger partial charge in [0, 0.05) is 0 Å². The molecular weight excluding hydrogens is 404 g/mol. The minimum absolute atomic E-state index is 0.0204. The molecule has 2 aromatic heterocycles. The molecule has 4 atom stereocenters. The highest BCUT2D eigenvalue weighted by atomic mass is 16.5. The first-order chi connectivity index (χ1) is 14.9. The van der Waals surface area contributed by atoms with Gasteiger partial charge in [0.1, 0.15) is 35.9 Å². The van der Waals surface area contributed by atoms with Gasteiger partial charge in [-0.2, -0.15) is 0 Å². The van der Waals surface area contributed by atoms with E-state index in [1.54, 1.807) is 16.7 Å². The fourth-order valence-electron chi connectivity index (χ4n) is 3.64. The molecule has 0 spiro atoms. The number of anilines is 1. The van der Waals surface area contributed by atoms with E-state index in [9.17, 15) is 15.0 Å². The molecule has 3 aromatic rings. The lowest BCUT2D eigenvalue weighted by atomic mass is 9.97. The number of rotatable bonds is 5. The highest BCUT2D eigenvalue weighted by Crippen LogP contribution is 2.23. The van der Waals surface area contributed by atoms with Crippen molar-refractivity contribution in [2.24, 2.45) is 0 Å². The molecule has 31 heavy (non-hydrogen) atoms. The number of methoxy groups -OCH3 is 1. The summed E-state index contributed by atoms with van der Waals surface area (Å²) >= 11 is 0. The first-order valence-electron chi connectivity index (χ1n) is 9.73. The van der Waals surface area contributed by atoms with Crippen molar-refractivity contribution in [1.29, 1.82) is 0 Å². The number of imidazole rings is 1. The summed E-state index contributed by atoms with van der Waals surface area (Å²) in [6.45, 7) is 2.07. The number of nitrogens with one attached hydrogen (secondary N) is 1. The average Bonchev–Trinajstić information content (AvgIpc) is 3.17. The number of hydrogen-bond acceptors (Lipinski definition) is 9. The predicted octanol–water partition coefficient (Wildman–Crippen LogP) is -0.355. The standard InChI is InChI=1S/C20H24N6O5/c1-10-3-4-13(30-2)11(5-10)20(29)25-12-7-31-14(17(28)16(12)27)6-26-9-24-15-18(21)22-8-23-19(15)26/h3-5,8-9,12,14,16-17,27-28H,6-7H2,1-2H3,(H,25,29)(H2,21,22,23)/t12-,14-,16+,17-/m1/s1. The van der Waals surface area contributed by atoms with Crippen LogP contribution in [0, 0.1) is 6.92 Å². The third-order valence-corrected chi connectivity index (χ3v) is 5.36. The normalized spacial score (nSPS) is 23.6. The summed E-state index contributed by atoms with van der Waals surface area (Å²) in [4.78, 5) is 25.0. The Bertz CT molecular complexity index is 1100. The zero-order valence-electron chi connectivity index (χ0n) is 17.1. The smallest absolute Gasteiger partial charge is 0.255 e. The summed E-state index contributed by atoms with van der Waals surface area (Å²) < 4.78 is 12.7. The van der Waals surface area contributed by atoms with Gasteiger partial charge in [0.25, 0.3) is 5.91 Å². The first-order valence-corrected chi connectivity index (χ1v) is 9.73. The van der Waals surface area contributed by atoms with Gasteiger partial charge in [0.05, 0.1) is 38.2 Å². The van der Waals surface area contributed by atoms with Crippen LogP contribution in [0.3, 0.4) is 0 Å². The maximum absolute atomic E-state index is 12.7. The SMILES string of the molecule is COc1ccc(C)cc1C(=O)N[C@@H]1CO[C@H](Cn2cnc3c(N)ncnc32)[C@@H](O)[C@H]1O. The lowest BCUT2D eigenvalue weighted by Crippen LogP contribution is -2.59. The Kier molecular flexibility index (Phi) is 5.72. The van der Waals surface area contributed by atoms with Gasteiger partial charge in [-0.25, -0.2) is 15.0 Å². The Labute approximate surface area is 177 Å². The Morgan fingerprint density at radius 3 is 2.90 bits per heavy atom. The molecule has 0 unspecified atom stereocenters. The number of fused-ring (bicyclic) bond motifs is 1.